The first-order valence-electron chi connectivity index (χ1n) is 5.64. The summed E-state index contributed by atoms with van der Waals surface area (Å²) in [6.45, 7) is 6.30. The summed E-state index contributed by atoms with van der Waals surface area (Å²) in [4.78, 5) is 2.48. The summed E-state index contributed by atoms with van der Waals surface area (Å²) in [7, 11) is 0. The highest BCUT2D eigenvalue weighted by Gasteiger charge is 2.25. The van der Waals surface area contributed by atoms with Crippen LogP contribution in [0.25, 0.3) is 0 Å². The smallest absolute Gasteiger partial charge is 0.0913 e. The number of aliphatic hydroxyl groups is 1. The second-order valence-electron chi connectivity index (χ2n) is 4.44. The van der Waals surface area contributed by atoms with Gasteiger partial charge in [0.1, 0.15) is 0 Å². The van der Waals surface area contributed by atoms with Gasteiger partial charge in [0.2, 0.25) is 0 Å². The molecule has 0 aliphatic carbocycles. The maximum Gasteiger partial charge on any atom is 0.0913 e. The summed E-state index contributed by atoms with van der Waals surface area (Å²) >= 11 is 1.75. The molecule has 1 aliphatic rings. The molecule has 84 valence electrons. The first-order chi connectivity index (χ1) is 7.18. The summed E-state index contributed by atoms with van der Waals surface area (Å²) < 4.78 is 0. The van der Waals surface area contributed by atoms with E-state index in [4.69, 9.17) is 0 Å². The van der Waals surface area contributed by atoms with Gasteiger partial charge >= 0.3 is 0 Å². The van der Waals surface area contributed by atoms with E-state index in [1.54, 1.807) is 11.3 Å². The van der Waals surface area contributed by atoms with Gasteiger partial charge in [-0.1, -0.05) is 0 Å². The zero-order valence-electron chi connectivity index (χ0n) is 9.42. The van der Waals surface area contributed by atoms with E-state index in [0.29, 0.717) is 5.92 Å². The van der Waals surface area contributed by atoms with E-state index in [1.807, 2.05) is 0 Å². The minimum atomic E-state index is -0.245. The molecule has 0 spiro atoms. The van der Waals surface area contributed by atoms with Crippen LogP contribution in [-0.2, 0) is 0 Å². The summed E-state index contributed by atoms with van der Waals surface area (Å²) in [5, 5.41) is 13.7. The molecule has 1 unspecified atom stereocenters. The molecule has 0 radical (unpaired) electrons. The molecule has 1 aromatic heterocycles. The molecular formula is C12H19NOS. The van der Waals surface area contributed by atoms with E-state index in [0.717, 1.165) is 25.9 Å². The van der Waals surface area contributed by atoms with Gasteiger partial charge in [-0.25, -0.2) is 0 Å². The Morgan fingerprint density at radius 2 is 2.07 bits per heavy atom. The molecule has 15 heavy (non-hydrogen) atoms. The molecule has 0 amide bonds. The molecule has 1 atom stereocenters. The molecular weight excluding hydrogens is 206 g/mol. The standard InChI is InChI=1S/C12H19NOS/c1-8-7-9(2)15-12(8)11(14)10-3-5-13-6-4-10/h7,10-11,13-14H,3-6H2,1-2H3. The Balaban J connectivity index is 2.12. The summed E-state index contributed by atoms with van der Waals surface area (Å²) in [6, 6.07) is 2.17. The van der Waals surface area contributed by atoms with Crippen LogP contribution in [0.15, 0.2) is 6.07 Å². The van der Waals surface area contributed by atoms with E-state index < -0.39 is 0 Å². The molecule has 3 heteroatoms. The monoisotopic (exact) mass is 225 g/mol. The Morgan fingerprint density at radius 3 is 2.60 bits per heavy atom. The lowest BCUT2D eigenvalue weighted by molar-refractivity contribution is 0.0915. The molecule has 1 fully saturated rings. The van der Waals surface area contributed by atoms with Crippen LogP contribution in [0.3, 0.4) is 0 Å². The van der Waals surface area contributed by atoms with Gasteiger partial charge in [-0.3, -0.25) is 0 Å². The lowest BCUT2D eigenvalue weighted by Crippen LogP contribution is -2.30. The zero-order valence-corrected chi connectivity index (χ0v) is 10.2. The normalized spacial score (nSPS) is 20.5. The molecule has 0 saturated carbocycles. The molecule has 1 aromatic rings. The fraction of sp³-hybridized carbons (Fsp3) is 0.667. The first-order valence-corrected chi connectivity index (χ1v) is 6.46. The number of hydrogen-bond donors (Lipinski definition) is 2. The van der Waals surface area contributed by atoms with Crippen molar-refractivity contribution in [3.8, 4) is 0 Å². The average molecular weight is 225 g/mol. The van der Waals surface area contributed by atoms with Crippen LogP contribution < -0.4 is 5.32 Å². The minimum absolute atomic E-state index is 0.245. The van der Waals surface area contributed by atoms with E-state index >= 15 is 0 Å². The number of nitrogens with one attached hydrogen (secondary N) is 1. The number of piperidine rings is 1. The average Bonchev–Trinajstić information content (AvgIpc) is 2.58. The first kappa shape index (κ1) is 11.1. The quantitative estimate of drug-likeness (QED) is 0.810. The highest BCUT2D eigenvalue weighted by Crippen LogP contribution is 2.35. The van der Waals surface area contributed by atoms with E-state index in [1.165, 1.54) is 15.3 Å². The van der Waals surface area contributed by atoms with Gasteiger partial charge in [-0.15, -0.1) is 11.3 Å². The summed E-state index contributed by atoms with van der Waals surface area (Å²) in [5.74, 6) is 0.447. The van der Waals surface area contributed by atoms with Crippen molar-refractivity contribution >= 4 is 11.3 Å². The largest absolute Gasteiger partial charge is 0.387 e. The van der Waals surface area contributed by atoms with E-state index in [9.17, 15) is 5.11 Å². The van der Waals surface area contributed by atoms with Crippen LogP contribution in [0.4, 0.5) is 0 Å². The van der Waals surface area contributed by atoms with Crippen LogP contribution in [0.2, 0.25) is 0 Å². The van der Waals surface area contributed by atoms with Crippen LogP contribution in [0.1, 0.15) is 34.3 Å². The fourth-order valence-corrected chi connectivity index (χ4v) is 3.44. The molecule has 0 bridgehead atoms. The van der Waals surface area contributed by atoms with Crippen molar-refractivity contribution in [2.75, 3.05) is 13.1 Å². The molecule has 0 aromatic carbocycles. The fourth-order valence-electron chi connectivity index (χ4n) is 2.33. The number of aryl methyl sites for hydroxylation is 2. The second kappa shape index (κ2) is 4.64. The zero-order chi connectivity index (χ0) is 10.8. The predicted octanol–water partition coefficient (Wildman–Crippen LogP) is 2.40. The van der Waals surface area contributed by atoms with Crippen LogP contribution in [0, 0.1) is 19.8 Å². The van der Waals surface area contributed by atoms with E-state index in [2.05, 4.69) is 25.2 Å². The van der Waals surface area contributed by atoms with Crippen molar-refractivity contribution in [3.05, 3.63) is 21.4 Å². The van der Waals surface area contributed by atoms with Gasteiger partial charge in [0.25, 0.3) is 0 Å². The third kappa shape index (κ3) is 2.41. The highest BCUT2D eigenvalue weighted by atomic mass is 32.1. The number of hydrogen-bond acceptors (Lipinski definition) is 3. The molecule has 2 nitrogen and oxygen atoms in total. The van der Waals surface area contributed by atoms with Gasteiger partial charge < -0.3 is 10.4 Å². The number of rotatable bonds is 2. The third-order valence-electron chi connectivity index (χ3n) is 3.18. The van der Waals surface area contributed by atoms with Gasteiger partial charge in [0, 0.05) is 9.75 Å². The van der Waals surface area contributed by atoms with Gasteiger partial charge in [-0.2, -0.15) is 0 Å². The summed E-state index contributed by atoms with van der Waals surface area (Å²) in [6.07, 6.45) is 1.94. The van der Waals surface area contributed by atoms with Gasteiger partial charge in [0.15, 0.2) is 0 Å². The Hall–Kier alpha value is -0.380. The highest BCUT2D eigenvalue weighted by molar-refractivity contribution is 7.12. The van der Waals surface area contributed by atoms with E-state index in [-0.39, 0.29) is 6.10 Å². The van der Waals surface area contributed by atoms with Crippen molar-refractivity contribution in [3.63, 3.8) is 0 Å². The van der Waals surface area contributed by atoms with Gasteiger partial charge in [-0.05, 0) is 57.3 Å². The topological polar surface area (TPSA) is 32.3 Å². The molecule has 1 saturated heterocycles. The Bertz CT molecular complexity index is 328. The molecule has 2 rings (SSSR count). The summed E-state index contributed by atoms with van der Waals surface area (Å²) in [5.41, 5.74) is 1.25. The van der Waals surface area contributed by atoms with Crippen molar-refractivity contribution in [1.82, 2.24) is 5.32 Å². The number of thiophene rings is 1. The second-order valence-corrected chi connectivity index (χ2v) is 5.72. The van der Waals surface area contributed by atoms with Gasteiger partial charge in [0.05, 0.1) is 6.10 Å². The third-order valence-corrected chi connectivity index (χ3v) is 4.40. The van der Waals surface area contributed by atoms with Crippen LogP contribution in [-0.4, -0.2) is 18.2 Å². The Morgan fingerprint density at radius 1 is 1.40 bits per heavy atom. The maximum atomic E-state index is 10.3. The molecule has 1 aliphatic heterocycles. The maximum absolute atomic E-state index is 10.3. The molecule has 2 heterocycles. The van der Waals surface area contributed by atoms with Crippen molar-refractivity contribution in [1.29, 1.82) is 0 Å². The Labute approximate surface area is 95.3 Å². The lowest BCUT2D eigenvalue weighted by Gasteiger charge is -2.27. The lowest BCUT2D eigenvalue weighted by atomic mass is 9.90. The number of aliphatic hydroxyl groups excluding tert-OH is 1. The molecule has 2 N–H and O–H groups in total. The van der Waals surface area contributed by atoms with Crippen molar-refractivity contribution in [2.24, 2.45) is 5.92 Å². The minimum Gasteiger partial charge on any atom is -0.387 e. The van der Waals surface area contributed by atoms with Crippen molar-refractivity contribution in [2.45, 2.75) is 32.8 Å². The SMILES string of the molecule is Cc1cc(C)c(C(O)C2CCNCC2)s1. The Kier molecular flexibility index (Phi) is 3.44. The van der Waals surface area contributed by atoms with Crippen molar-refractivity contribution < 1.29 is 5.11 Å². The van der Waals surface area contributed by atoms with Crippen LogP contribution in [0.5, 0.6) is 0 Å². The predicted molar refractivity (Wildman–Crippen MR) is 64.3 cm³/mol. The van der Waals surface area contributed by atoms with Crippen LogP contribution >= 0.6 is 11.3 Å².